The standard InChI is InChI=1S/C17H18ClN5OS2/c1-3-22(10-13-8-9-15(18)26-13)16(24)11-25-17-19-20-21-23(17)14-7-5-4-6-12(14)2/h4-9H,3,10-11H2,1-2H3. The maximum absolute atomic E-state index is 12.6. The number of carbonyl (C=O) groups is 1. The number of aryl methyl sites for hydroxylation is 1. The molecule has 136 valence electrons. The topological polar surface area (TPSA) is 63.9 Å². The van der Waals surface area contributed by atoms with Gasteiger partial charge in [-0.1, -0.05) is 41.6 Å². The van der Waals surface area contributed by atoms with E-state index in [4.69, 9.17) is 11.6 Å². The molecule has 0 radical (unpaired) electrons. The molecule has 0 spiro atoms. The van der Waals surface area contributed by atoms with Crippen molar-refractivity contribution in [1.29, 1.82) is 0 Å². The van der Waals surface area contributed by atoms with Gasteiger partial charge in [0.1, 0.15) is 0 Å². The van der Waals surface area contributed by atoms with Crippen molar-refractivity contribution >= 4 is 40.6 Å². The summed E-state index contributed by atoms with van der Waals surface area (Å²) in [5, 5.41) is 12.5. The Morgan fingerprint density at radius 2 is 2.12 bits per heavy atom. The second-order valence-electron chi connectivity index (χ2n) is 5.56. The Labute approximate surface area is 165 Å². The second-order valence-corrected chi connectivity index (χ2v) is 8.30. The van der Waals surface area contributed by atoms with Gasteiger partial charge in [-0.15, -0.1) is 16.4 Å². The van der Waals surface area contributed by atoms with E-state index in [2.05, 4.69) is 15.5 Å². The molecule has 9 heteroatoms. The zero-order valence-corrected chi connectivity index (χ0v) is 16.8. The molecule has 2 heterocycles. The molecule has 0 N–H and O–H groups in total. The van der Waals surface area contributed by atoms with Gasteiger partial charge in [0.15, 0.2) is 0 Å². The first-order chi connectivity index (χ1) is 12.6. The molecule has 0 atom stereocenters. The van der Waals surface area contributed by atoms with Gasteiger partial charge in [-0.3, -0.25) is 4.79 Å². The van der Waals surface area contributed by atoms with Gasteiger partial charge >= 0.3 is 0 Å². The maximum Gasteiger partial charge on any atom is 0.233 e. The van der Waals surface area contributed by atoms with E-state index >= 15 is 0 Å². The van der Waals surface area contributed by atoms with E-state index in [1.165, 1.54) is 23.1 Å². The summed E-state index contributed by atoms with van der Waals surface area (Å²) in [5.74, 6) is 0.320. The minimum absolute atomic E-state index is 0.0429. The lowest BCUT2D eigenvalue weighted by Gasteiger charge is -2.19. The van der Waals surface area contributed by atoms with Crippen molar-refractivity contribution in [2.75, 3.05) is 12.3 Å². The quantitative estimate of drug-likeness (QED) is 0.557. The molecule has 3 aromatic rings. The van der Waals surface area contributed by atoms with Crippen LogP contribution in [0.2, 0.25) is 4.34 Å². The molecule has 0 aliphatic rings. The number of aromatic nitrogens is 4. The molecule has 0 fully saturated rings. The third-order valence-corrected chi connectivity index (χ3v) is 5.94. The number of nitrogens with zero attached hydrogens (tertiary/aromatic N) is 5. The van der Waals surface area contributed by atoms with Crippen molar-refractivity contribution < 1.29 is 4.79 Å². The number of hydrogen-bond donors (Lipinski definition) is 0. The Kier molecular flexibility index (Phi) is 6.29. The predicted octanol–water partition coefficient (Wildman–Crippen LogP) is 3.83. The Hall–Kier alpha value is -1.90. The van der Waals surface area contributed by atoms with Gasteiger partial charge in [-0.25, -0.2) is 0 Å². The Morgan fingerprint density at radius 3 is 2.81 bits per heavy atom. The van der Waals surface area contributed by atoms with E-state index in [-0.39, 0.29) is 11.7 Å². The van der Waals surface area contributed by atoms with Crippen molar-refractivity contribution in [2.24, 2.45) is 0 Å². The number of amides is 1. The minimum Gasteiger partial charge on any atom is -0.337 e. The van der Waals surface area contributed by atoms with Crippen molar-refractivity contribution in [3.8, 4) is 5.69 Å². The van der Waals surface area contributed by atoms with Crippen LogP contribution in [0.1, 0.15) is 17.4 Å². The molecule has 2 aromatic heterocycles. The van der Waals surface area contributed by atoms with Crippen LogP contribution in [0.5, 0.6) is 0 Å². The summed E-state index contributed by atoms with van der Waals surface area (Å²) in [4.78, 5) is 15.5. The fourth-order valence-corrected chi connectivity index (χ4v) is 4.33. The van der Waals surface area contributed by atoms with Crippen LogP contribution in [0.15, 0.2) is 41.6 Å². The second kappa shape index (κ2) is 8.66. The monoisotopic (exact) mass is 407 g/mol. The molecule has 0 unspecified atom stereocenters. The van der Waals surface area contributed by atoms with E-state index in [0.717, 1.165) is 20.5 Å². The molecule has 1 amide bonds. The average Bonchev–Trinajstić information content (AvgIpc) is 3.26. The molecule has 3 rings (SSSR count). The lowest BCUT2D eigenvalue weighted by atomic mass is 10.2. The number of carbonyl (C=O) groups excluding carboxylic acids is 1. The third-order valence-electron chi connectivity index (χ3n) is 3.82. The summed E-state index contributed by atoms with van der Waals surface area (Å²) in [6.45, 7) is 5.17. The van der Waals surface area contributed by atoms with E-state index in [0.29, 0.717) is 18.2 Å². The molecule has 0 aliphatic heterocycles. The summed E-state index contributed by atoms with van der Waals surface area (Å²) in [6, 6.07) is 11.7. The van der Waals surface area contributed by atoms with Crippen molar-refractivity contribution in [2.45, 2.75) is 25.5 Å². The summed E-state index contributed by atoms with van der Waals surface area (Å²) >= 11 is 8.80. The molecular weight excluding hydrogens is 390 g/mol. The number of benzene rings is 1. The van der Waals surface area contributed by atoms with E-state index in [1.54, 1.807) is 9.58 Å². The summed E-state index contributed by atoms with van der Waals surface area (Å²) in [6.07, 6.45) is 0. The van der Waals surface area contributed by atoms with Gasteiger partial charge < -0.3 is 4.90 Å². The number of thiophene rings is 1. The van der Waals surface area contributed by atoms with Gasteiger partial charge in [0.25, 0.3) is 0 Å². The molecule has 6 nitrogen and oxygen atoms in total. The van der Waals surface area contributed by atoms with E-state index in [9.17, 15) is 4.79 Å². The molecule has 0 saturated heterocycles. The number of hydrogen-bond acceptors (Lipinski definition) is 6. The molecule has 26 heavy (non-hydrogen) atoms. The summed E-state index contributed by atoms with van der Waals surface area (Å²) in [5.41, 5.74) is 1.98. The van der Waals surface area contributed by atoms with Gasteiger partial charge in [-0.05, 0) is 48.0 Å². The van der Waals surface area contributed by atoms with Gasteiger partial charge in [-0.2, -0.15) is 4.68 Å². The third kappa shape index (κ3) is 4.44. The fraction of sp³-hybridized carbons (Fsp3) is 0.294. The normalized spacial score (nSPS) is 10.9. The van der Waals surface area contributed by atoms with Crippen LogP contribution >= 0.6 is 34.7 Å². The van der Waals surface area contributed by atoms with Crippen LogP contribution in [-0.2, 0) is 11.3 Å². The number of thioether (sulfide) groups is 1. The Bertz CT molecular complexity index is 895. The summed E-state index contributed by atoms with van der Waals surface area (Å²) < 4.78 is 2.40. The Balaban J connectivity index is 1.66. The number of halogens is 1. The first-order valence-corrected chi connectivity index (χ1v) is 10.3. The zero-order valence-electron chi connectivity index (χ0n) is 14.4. The van der Waals surface area contributed by atoms with E-state index < -0.39 is 0 Å². The van der Waals surface area contributed by atoms with Crippen LogP contribution in [0, 0.1) is 6.92 Å². The zero-order chi connectivity index (χ0) is 18.5. The van der Waals surface area contributed by atoms with Crippen LogP contribution < -0.4 is 0 Å². The first-order valence-electron chi connectivity index (χ1n) is 8.07. The highest BCUT2D eigenvalue weighted by Gasteiger charge is 2.17. The number of rotatable bonds is 7. The van der Waals surface area contributed by atoms with Crippen molar-refractivity contribution in [3.05, 3.63) is 51.2 Å². The lowest BCUT2D eigenvalue weighted by Crippen LogP contribution is -2.31. The maximum atomic E-state index is 12.6. The van der Waals surface area contributed by atoms with Gasteiger partial charge in [0.05, 0.1) is 22.3 Å². The number of tetrazole rings is 1. The van der Waals surface area contributed by atoms with Crippen LogP contribution in [-0.4, -0.2) is 43.3 Å². The van der Waals surface area contributed by atoms with Gasteiger partial charge in [0.2, 0.25) is 11.1 Å². The molecule has 0 bridgehead atoms. The molecule has 1 aromatic carbocycles. The highest BCUT2D eigenvalue weighted by molar-refractivity contribution is 7.99. The average molecular weight is 408 g/mol. The summed E-state index contributed by atoms with van der Waals surface area (Å²) in [7, 11) is 0. The van der Waals surface area contributed by atoms with Crippen molar-refractivity contribution in [1.82, 2.24) is 25.1 Å². The predicted molar refractivity (Wildman–Crippen MR) is 105 cm³/mol. The minimum atomic E-state index is 0.0429. The smallest absolute Gasteiger partial charge is 0.233 e. The molecule has 0 saturated carbocycles. The van der Waals surface area contributed by atoms with Crippen molar-refractivity contribution in [3.63, 3.8) is 0 Å². The lowest BCUT2D eigenvalue weighted by molar-refractivity contribution is -0.128. The Morgan fingerprint density at radius 1 is 1.31 bits per heavy atom. The highest BCUT2D eigenvalue weighted by Crippen LogP contribution is 2.24. The van der Waals surface area contributed by atoms with Crippen LogP contribution in [0.4, 0.5) is 0 Å². The first kappa shape index (κ1) is 18.9. The highest BCUT2D eigenvalue weighted by atomic mass is 35.5. The van der Waals surface area contributed by atoms with E-state index in [1.807, 2.05) is 50.2 Å². The molecule has 0 aliphatic carbocycles. The number of para-hydroxylation sites is 1. The largest absolute Gasteiger partial charge is 0.337 e. The van der Waals surface area contributed by atoms with Crippen LogP contribution in [0.3, 0.4) is 0 Å². The van der Waals surface area contributed by atoms with Gasteiger partial charge in [0, 0.05) is 11.4 Å². The SMILES string of the molecule is CCN(Cc1ccc(Cl)s1)C(=O)CSc1nnnn1-c1ccccc1C. The molecular formula is C17H18ClN5OS2. The fourth-order valence-electron chi connectivity index (χ4n) is 2.44. The van der Waals surface area contributed by atoms with Crippen LogP contribution in [0.25, 0.3) is 5.69 Å².